The maximum atomic E-state index is 13.0. The van der Waals surface area contributed by atoms with E-state index in [9.17, 15) is 9.18 Å². The fourth-order valence-electron chi connectivity index (χ4n) is 2.65. The number of nitrogens with zero attached hydrogens (tertiary/aromatic N) is 1. The molecule has 2 aromatic rings. The Kier molecular flexibility index (Phi) is 4.93. The van der Waals surface area contributed by atoms with Crippen LogP contribution < -0.4 is 4.74 Å². The fourth-order valence-corrected chi connectivity index (χ4v) is 3.34. The topological polar surface area (TPSA) is 38.8 Å². The van der Waals surface area contributed by atoms with E-state index in [4.69, 9.17) is 9.47 Å². The zero-order valence-electron chi connectivity index (χ0n) is 12.8. The number of amides is 1. The Morgan fingerprint density at radius 1 is 1.26 bits per heavy atom. The molecule has 1 aliphatic rings. The van der Waals surface area contributed by atoms with E-state index >= 15 is 0 Å². The molecule has 23 heavy (non-hydrogen) atoms. The first-order valence-electron chi connectivity index (χ1n) is 7.53. The first-order valence-corrected chi connectivity index (χ1v) is 8.47. The summed E-state index contributed by atoms with van der Waals surface area (Å²) in [6.45, 7) is 3.60. The summed E-state index contributed by atoms with van der Waals surface area (Å²) in [5.41, 5.74) is 1.05. The van der Waals surface area contributed by atoms with Crippen molar-refractivity contribution < 1.29 is 18.7 Å². The van der Waals surface area contributed by atoms with E-state index in [1.165, 1.54) is 24.3 Å². The highest BCUT2D eigenvalue weighted by Crippen LogP contribution is 2.38. The second-order valence-corrected chi connectivity index (χ2v) is 6.00. The van der Waals surface area contributed by atoms with Gasteiger partial charge in [0.1, 0.15) is 17.6 Å². The molecule has 2 heterocycles. The lowest BCUT2D eigenvalue weighted by Crippen LogP contribution is -2.61. The number of β-lactam (4-membered cyclic amide) rings is 1. The Morgan fingerprint density at radius 3 is 2.70 bits per heavy atom. The van der Waals surface area contributed by atoms with Gasteiger partial charge in [-0.2, -0.15) is 11.3 Å². The first-order chi connectivity index (χ1) is 11.2. The molecule has 1 amide bonds. The zero-order valence-corrected chi connectivity index (χ0v) is 13.6. The van der Waals surface area contributed by atoms with Crippen molar-refractivity contribution in [3.05, 3.63) is 52.5 Å². The average Bonchev–Trinajstić information content (AvgIpc) is 3.08. The molecule has 1 aromatic heterocycles. The van der Waals surface area contributed by atoms with Gasteiger partial charge in [-0.25, -0.2) is 4.39 Å². The second-order valence-electron chi connectivity index (χ2n) is 5.22. The Hall–Kier alpha value is -1.92. The van der Waals surface area contributed by atoms with E-state index in [-0.39, 0.29) is 17.8 Å². The molecular formula is C17H18FNO3S. The van der Waals surface area contributed by atoms with Crippen molar-refractivity contribution in [1.82, 2.24) is 4.90 Å². The lowest BCUT2D eigenvalue weighted by molar-refractivity contribution is -0.165. The van der Waals surface area contributed by atoms with Crippen LogP contribution >= 0.6 is 11.3 Å². The van der Waals surface area contributed by atoms with Gasteiger partial charge in [0.15, 0.2) is 0 Å². The molecule has 2 unspecified atom stereocenters. The van der Waals surface area contributed by atoms with Crippen molar-refractivity contribution in [2.24, 2.45) is 0 Å². The Bertz CT molecular complexity index is 644. The molecule has 4 nitrogen and oxygen atoms in total. The summed E-state index contributed by atoms with van der Waals surface area (Å²) in [7, 11) is 0. The van der Waals surface area contributed by atoms with Gasteiger partial charge < -0.3 is 14.4 Å². The summed E-state index contributed by atoms with van der Waals surface area (Å²) in [5.74, 6) is 0.102. The molecule has 1 aliphatic heterocycles. The lowest BCUT2D eigenvalue weighted by Gasteiger charge is -2.46. The van der Waals surface area contributed by atoms with E-state index in [0.29, 0.717) is 25.5 Å². The lowest BCUT2D eigenvalue weighted by atomic mass is 9.92. The molecule has 0 spiro atoms. The van der Waals surface area contributed by atoms with Crippen molar-refractivity contribution in [2.45, 2.75) is 19.1 Å². The Morgan fingerprint density at radius 2 is 2.04 bits per heavy atom. The third-order valence-corrected chi connectivity index (χ3v) is 4.49. The number of hydrogen-bond donors (Lipinski definition) is 0. The predicted octanol–water partition coefficient (Wildman–Crippen LogP) is 3.25. The molecular weight excluding hydrogens is 317 g/mol. The van der Waals surface area contributed by atoms with Crippen LogP contribution in [-0.2, 0) is 9.53 Å². The van der Waals surface area contributed by atoms with Gasteiger partial charge in [-0.3, -0.25) is 4.79 Å². The van der Waals surface area contributed by atoms with Crippen LogP contribution in [0.15, 0.2) is 41.1 Å². The van der Waals surface area contributed by atoms with Crippen LogP contribution in [0.25, 0.3) is 0 Å². The first kappa shape index (κ1) is 16.0. The zero-order chi connectivity index (χ0) is 16.2. The van der Waals surface area contributed by atoms with Gasteiger partial charge in [-0.15, -0.1) is 0 Å². The Balaban J connectivity index is 1.73. The van der Waals surface area contributed by atoms with Gasteiger partial charge in [0.05, 0.1) is 6.61 Å². The number of likely N-dealkylation sites (tertiary alicyclic amines) is 1. The minimum absolute atomic E-state index is 0.0646. The van der Waals surface area contributed by atoms with Crippen molar-refractivity contribution in [3.8, 4) is 5.75 Å². The maximum Gasteiger partial charge on any atom is 0.266 e. The summed E-state index contributed by atoms with van der Waals surface area (Å²) in [6, 6.07) is 7.60. The van der Waals surface area contributed by atoms with Crippen LogP contribution in [-0.4, -0.2) is 36.7 Å². The van der Waals surface area contributed by atoms with Gasteiger partial charge >= 0.3 is 0 Å². The highest BCUT2D eigenvalue weighted by atomic mass is 32.1. The quantitative estimate of drug-likeness (QED) is 0.576. The third kappa shape index (κ3) is 3.38. The number of thiophene rings is 1. The van der Waals surface area contributed by atoms with Crippen LogP contribution in [0, 0.1) is 5.82 Å². The van der Waals surface area contributed by atoms with E-state index in [1.807, 2.05) is 23.8 Å². The van der Waals surface area contributed by atoms with Crippen LogP contribution in [0.5, 0.6) is 5.75 Å². The molecule has 0 bridgehead atoms. The summed E-state index contributed by atoms with van der Waals surface area (Å²) >= 11 is 1.58. The van der Waals surface area contributed by atoms with E-state index in [2.05, 4.69) is 0 Å². The summed E-state index contributed by atoms with van der Waals surface area (Å²) in [6.07, 6.45) is -0.573. The van der Waals surface area contributed by atoms with Crippen LogP contribution in [0.3, 0.4) is 0 Å². The summed E-state index contributed by atoms with van der Waals surface area (Å²) in [5, 5.41) is 4.00. The average molecular weight is 335 g/mol. The molecule has 0 N–H and O–H groups in total. The van der Waals surface area contributed by atoms with Crippen molar-refractivity contribution >= 4 is 17.2 Å². The minimum Gasteiger partial charge on any atom is -0.478 e. The molecule has 1 fully saturated rings. The smallest absolute Gasteiger partial charge is 0.266 e. The van der Waals surface area contributed by atoms with Gasteiger partial charge in [0.25, 0.3) is 5.91 Å². The second kappa shape index (κ2) is 7.10. The monoisotopic (exact) mass is 335 g/mol. The van der Waals surface area contributed by atoms with Crippen LogP contribution in [0.1, 0.15) is 18.5 Å². The number of rotatable bonds is 7. The number of ether oxygens (including phenoxy) is 2. The van der Waals surface area contributed by atoms with Gasteiger partial charge in [0, 0.05) is 13.2 Å². The number of benzene rings is 1. The highest BCUT2D eigenvalue weighted by molar-refractivity contribution is 7.08. The summed E-state index contributed by atoms with van der Waals surface area (Å²) in [4.78, 5) is 14.2. The van der Waals surface area contributed by atoms with Crippen LogP contribution in [0.4, 0.5) is 4.39 Å². The van der Waals surface area contributed by atoms with Gasteiger partial charge in [-0.05, 0) is 53.6 Å². The molecule has 1 saturated heterocycles. The van der Waals surface area contributed by atoms with Crippen LogP contribution in [0.2, 0.25) is 0 Å². The van der Waals surface area contributed by atoms with Crippen molar-refractivity contribution in [3.63, 3.8) is 0 Å². The molecule has 6 heteroatoms. The standard InChI is InChI=1S/C17H18FNO3S/c1-2-21-9-8-19-15(12-7-10-23-11-12)16(17(19)20)22-14-5-3-13(18)4-6-14/h3-7,10-11,15-16H,2,8-9H2,1H3. The summed E-state index contributed by atoms with van der Waals surface area (Å²) < 4.78 is 24.1. The SMILES string of the molecule is CCOCCN1C(=O)C(Oc2ccc(F)cc2)C1c1ccsc1. The van der Waals surface area contributed by atoms with Crippen molar-refractivity contribution in [2.75, 3.05) is 19.8 Å². The number of carbonyl (C=O) groups excluding carboxylic acids is 1. The highest BCUT2D eigenvalue weighted by Gasteiger charge is 2.50. The normalized spacial score (nSPS) is 20.4. The molecule has 1 aromatic carbocycles. The molecule has 2 atom stereocenters. The number of carbonyl (C=O) groups is 1. The molecule has 0 saturated carbocycles. The van der Waals surface area contributed by atoms with Crippen molar-refractivity contribution in [1.29, 1.82) is 0 Å². The number of halogens is 1. The molecule has 0 radical (unpaired) electrons. The largest absolute Gasteiger partial charge is 0.478 e. The molecule has 3 rings (SSSR count). The molecule has 0 aliphatic carbocycles. The Labute approximate surface area is 138 Å². The van der Waals surface area contributed by atoms with E-state index in [0.717, 1.165) is 5.56 Å². The number of hydrogen-bond acceptors (Lipinski definition) is 4. The molecule has 122 valence electrons. The predicted molar refractivity (Wildman–Crippen MR) is 86.1 cm³/mol. The van der Waals surface area contributed by atoms with E-state index in [1.54, 1.807) is 16.2 Å². The van der Waals surface area contributed by atoms with Gasteiger partial charge in [-0.1, -0.05) is 0 Å². The van der Waals surface area contributed by atoms with Gasteiger partial charge in [0.2, 0.25) is 6.10 Å². The van der Waals surface area contributed by atoms with E-state index < -0.39 is 6.10 Å². The maximum absolute atomic E-state index is 13.0. The minimum atomic E-state index is -0.573. The fraction of sp³-hybridized carbons (Fsp3) is 0.353. The third-order valence-electron chi connectivity index (χ3n) is 3.79.